The number of amides is 1. The maximum absolute atomic E-state index is 12.8. The van der Waals surface area contributed by atoms with E-state index in [4.69, 9.17) is 22.1 Å². The number of hydrogen-bond donors (Lipinski definition) is 1. The second-order valence-electron chi connectivity index (χ2n) is 5.42. The minimum atomic E-state index is -0.118. The Morgan fingerprint density at radius 2 is 1.88 bits per heavy atom. The molecule has 10 heteroatoms. The van der Waals surface area contributed by atoms with Crippen molar-refractivity contribution in [2.75, 3.05) is 43.9 Å². The summed E-state index contributed by atoms with van der Waals surface area (Å²) in [5.74, 6) is 1.13. The van der Waals surface area contributed by atoms with Crippen LogP contribution in [-0.4, -0.2) is 54.1 Å². The van der Waals surface area contributed by atoms with Gasteiger partial charge in [-0.2, -0.15) is 0 Å². The first kappa shape index (κ1) is 22.1. The van der Waals surface area contributed by atoms with Crippen LogP contribution in [0.25, 0.3) is 0 Å². The molecule has 0 spiro atoms. The number of piperazine rings is 1. The predicted molar refractivity (Wildman–Crippen MR) is 107 cm³/mol. The zero-order chi connectivity index (χ0) is 17.1. The van der Waals surface area contributed by atoms with Crippen molar-refractivity contribution in [3.8, 4) is 5.75 Å². The summed E-state index contributed by atoms with van der Waals surface area (Å²) in [4.78, 5) is 25.0. The third-order valence-corrected chi connectivity index (χ3v) is 4.32. The topological polar surface area (TPSA) is 84.6 Å². The van der Waals surface area contributed by atoms with Gasteiger partial charge in [0.05, 0.1) is 29.6 Å². The predicted octanol–water partition coefficient (Wildman–Crippen LogP) is 2.53. The molecule has 1 amide bonds. The number of nitrogens with zero attached hydrogens (tertiary/aromatic N) is 4. The summed E-state index contributed by atoms with van der Waals surface area (Å²) >= 11 is 6.05. The summed E-state index contributed by atoms with van der Waals surface area (Å²) < 4.78 is 5.27. The molecule has 0 saturated carbocycles. The number of carbonyl (C=O) groups is 1. The van der Waals surface area contributed by atoms with Crippen LogP contribution in [-0.2, 0) is 0 Å². The summed E-state index contributed by atoms with van der Waals surface area (Å²) in [5.41, 5.74) is 6.58. The van der Waals surface area contributed by atoms with Crippen LogP contribution in [0.3, 0.4) is 0 Å². The van der Waals surface area contributed by atoms with Crippen molar-refractivity contribution in [2.45, 2.75) is 0 Å². The number of anilines is 2. The van der Waals surface area contributed by atoms with E-state index in [2.05, 4.69) is 14.9 Å². The molecule has 1 aromatic carbocycles. The van der Waals surface area contributed by atoms with E-state index in [-0.39, 0.29) is 30.7 Å². The molecule has 3 rings (SSSR count). The minimum Gasteiger partial charge on any atom is -0.496 e. The molecule has 2 aromatic rings. The van der Waals surface area contributed by atoms with Crippen LogP contribution >= 0.6 is 36.4 Å². The first-order chi connectivity index (χ1) is 11.6. The van der Waals surface area contributed by atoms with Gasteiger partial charge in [0.2, 0.25) is 0 Å². The summed E-state index contributed by atoms with van der Waals surface area (Å²) in [6.07, 6.45) is 5.02. The van der Waals surface area contributed by atoms with Gasteiger partial charge in [0.15, 0.2) is 0 Å². The van der Waals surface area contributed by atoms with E-state index >= 15 is 0 Å². The number of carbonyl (C=O) groups excluding carboxylic acids is 1. The molecule has 0 bridgehead atoms. The molecular formula is C16H20Cl3N5O2. The maximum Gasteiger partial charge on any atom is 0.257 e. The van der Waals surface area contributed by atoms with Gasteiger partial charge in [-0.25, -0.2) is 4.98 Å². The molecule has 0 atom stereocenters. The number of nitrogen functional groups attached to an aromatic ring is 1. The van der Waals surface area contributed by atoms with Crippen molar-refractivity contribution >= 4 is 53.8 Å². The lowest BCUT2D eigenvalue weighted by Crippen LogP contribution is -2.49. The van der Waals surface area contributed by atoms with E-state index in [1.807, 2.05) is 0 Å². The molecule has 1 aliphatic heterocycles. The average Bonchev–Trinajstić information content (AvgIpc) is 2.64. The molecule has 0 unspecified atom stereocenters. The molecule has 1 aromatic heterocycles. The Labute approximate surface area is 169 Å². The van der Waals surface area contributed by atoms with Crippen LogP contribution in [0.2, 0.25) is 5.02 Å². The number of aromatic nitrogens is 2. The second kappa shape index (κ2) is 9.66. The van der Waals surface area contributed by atoms with Crippen LogP contribution in [0.5, 0.6) is 5.75 Å². The van der Waals surface area contributed by atoms with Gasteiger partial charge in [-0.05, 0) is 6.07 Å². The Hall–Kier alpha value is -1.96. The third-order valence-electron chi connectivity index (χ3n) is 3.99. The lowest BCUT2D eigenvalue weighted by atomic mass is 10.1. The Balaban J connectivity index is 0.00000169. The second-order valence-corrected chi connectivity index (χ2v) is 5.82. The van der Waals surface area contributed by atoms with E-state index in [1.165, 1.54) is 7.11 Å². The molecule has 26 heavy (non-hydrogen) atoms. The zero-order valence-corrected chi connectivity index (χ0v) is 16.5. The highest BCUT2D eigenvalue weighted by atomic mass is 35.5. The SMILES string of the molecule is COc1cc(N)c(Cl)cc1C(=O)N1CCN(c2cnccn2)CC1.Cl.Cl. The van der Waals surface area contributed by atoms with E-state index < -0.39 is 0 Å². The highest BCUT2D eigenvalue weighted by Crippen LogP contribution is 2.30. The van der Waals surface area contributed by atoms with Gasteiger partial charge in [0.25, 0.3) is 5.91 Å². The van der Waals surface area contributed by atoms with Crippen molar-refractivity contribution in [3.05, 3.63) is 41.3 Å². The minimum absolute atomic E-state index is 0. The Kier molecular flexibility index (Phi) is 8.20. The number of ether oxygens (including phenoxy) is 1. The first-order valence-electron chi connectivity index (χ1n) is 7.53. The number of hydrogen-bond acceptors (Lipinski definition) is 6. The zero-order valence-electron chi connectivity index (χ0n) is 14.1. The highest BCUT2D eigenvalue weighted by Gasteiger charge is 2.25. The van der Waals surface area contributed by atoms with Crippen LogP contribution in [0.4, 0.5) is 11.5 Å². The van der Waals surface area contributed by atoms with Gasteiger partial charge >= 0.3 is 0 Å². The number of benzene rings is 1. The smallest absolute Gasteiger partial charge is 0.257 e. The van der Waals surface area contributed by atoms with Crippen LogP contribution in [0.15, 0.2) is 30.7 Å². The van der Waals surface area contributed by atoms with Crippen molar-refractivity contribution in [2.24, 2.45) is 0 Å². The fraction of sp³-hybridized carbons (Fsp3) is 0.312. The lowest BCUT2D eigenvalue weighted by molar-refractivity contribution is 0.0743. The monoisotopic (exact) mass is 419 g/mol. The molecule has 1 aliphatic rings. The van der Waals surface area contributed by atoms with E-state index in [0.29, 0.717) is 48.2 Å². The molecule has 0 aliphatic carbocycles. The van der Waals surface area contributed by atoms with E-state index in [9.17, 15) is 4.79 Å². The quantitative estimate of drug-likeness (QED) is 0.768. The summed E-state index contributed by atoms with van der Waals surface area (Å²) in [6.45, 7) is 2.55. The van der Waals surface area contributed by atoms with Crippen molar-refractivity contribution in [1.29, 1.82) is 0 Å². The van der Waals surface area contributed by atoms with Gasteiger partial charge in [-0.1, -0.05) is 11.6 Å². The number of methoxy groups -OCH3 is 1. The molecule has 1 fully saturated rings. The maximum atomic E-state index is 12.8. The Morgan fingerprint density at radius 3 is 2.46 bits per heavy atom. The van der Waals surface area contributed by atoms with E-state index in [1.54, 1.807) is 35.6 Å². The molecule has 2 N–H and O–H groups in total. The van der Waals surface area contributed by atoms with Gasteiger partial charge in [0.1, 0.15) is 11.6 Å². The van der Waals surface area contributed by atoms with Crippen molar-refractivity contribution < 1.29 is 9.53 Å². The molecule has 0 radical (unpaired) electrons. The first-order valence-corrected chi connectivity index (χ1v) is 7.91. The fourth-order valence-corrected chi connectivity index (χ4v) is 2.83. The Bertz CT molecular complexity index is 740. The standard InChI is InChI=1S/C16H18ClN5O2.2ClH/c1-24-14-9-13(18)12(17)8-11(14)16(23)22-6-4-21(5-7-22)15-10-19-2-3-20-15;;/h2-3,8-10H,4-7,18H2,1H3;2*1H. The van der Waals surface area contributed by atoms with Gasteiger partial charge in [-0.15, -0.1) is 24.8 Å². The summed E-state index contributed by atoms with van der Waals surface area (Å²) in [5, 5.41) is 0.345. The average molecular weight is 421 g/mol. The summed E-state index contributed by atoms with van der Waals surface area (Å²) in [6, 6.07) is 3.14. The molecular weight excluding hydrogens is 401 g/mol. The number of rotatable bonds is 3. The van der Waals surface area contributed by atoms with Gasteiger partial charge in [0, 0.05) is 44.6 Å². The fourth-order valence-electron chi connectivity index (χ4n) is 2.67. The molecule has 2 heterocycles. The van der Waals surface area contributed by atoms with Crippen molar-refractivity contribution in [3.63, 3.8) is 0 Å². The van der Waals surface area contributed by atoms with Gasteiger partial charge < -0.3 is 20.3 Å². The Morgan fingerprint density at radius 1 is 1.19 bits per heavy atom. The normalized spacial score (nSPS) is 13.5. The third kappa shape index (κ3) is 4.60. The molecule has 142 valence electrons. The van der Waals surface area contributed by atoms with Crippen LogP contribution in [0, 0.1) is 0 Å². The van der Waals surface area contributed by atoms with Crippen LogP contribution < -0.4 is 15.4 Å². The van der Waals surface area contributed by atoms with Crippen molar-refractivity contribution in [1.82, 2.24) is 14.9 Å². The lowest BCUT2D eigenvalue weighted by Gasteiger charge is -2.35. The van der Waals surface area contributed by atoms with Gasteiger partial charge in [-0.3, -0.25) is 9.78 Å². The molecule has 7 nitrogen and oxygen atoms in total. The summed E-state index contributed by atoms with van der Waals surface area (Å²) in [7, 11) is 1.51. The van der Waals surface area contributed by atoms with Crippen LogP contribution in [0.1, 0.15) is 10.4 Å². The largest absolute Gasteiger partial charge is 0.496 e. The molecule has 1 saturated heterocycles. The number of nitrogens with two attached hydrogens (primary N) is 1. The highest BCUT2D eigenvalue weighted by molar-refractivity contribution is 6.33. The number of halogens is 3. The van der Waals surface area contributed by atoms with E-state index in [0.717, 1.165) is 5.82 Å².